The van der Waals surface area contributed by atoms with Crippen molar-refractivity contribution in [3.63, 3.8) is 0 Å². The Bertz CT molecular complexity index is 651. The Kier molecular flexibility index (Phi) is 4.76. The fraction of sp³-hybridized carbons (Fsp3) is 0.214. The van der Waals surface area contributed by atoms with E-state index >= 15 is 0 Å². The second-order valence-electron chi connectivity index (χ2n) is 4.32. The standard InChI is InChI=1S/C14H12BrFN2OS/c1-8(18)14(13-4-10(15)7-20-13)19-11-3-2-9(6-17)12(16)5-11/h2-5,7-8,14H,18H2,1H3. The van der Waals surface area contributed by atoms with Crippen molar-refractivity contribution >= 4 is 27.3 Å². The van der Waals surface area contributed by atoms with E-state index < -0.39 is 5.82 Å². The maximum Gasteiger partial charge on any atom is 0.148 e. The van der Waals surface area contributed by atoms with E-state index in [2.05, 4.69) is 15.9 Å². The molecule has 1 aromatic heterocycles. The van der Waals surface area contributed by atoms with E-state index in [4.69, 9.17) is 15.7 Å². The number of hydrogen-bond donors (Lipinski definition) is 1. The number of thiophene rings is 1. The van der Waals surface area contributed by atoms with Crippen LogP contribution in [0.4, 0.5) is 4.39 Å². The molecule has 0 aliphatic rings. The lowest BCUT2D eigenvalue weighted by molar-refractivity contribution is 0.183. The fourth-order valence-corrected chi connectivity index (χ4v) is 3.30. The Hall–Kier alpha value is -1.42. The summed E-state index contributed by atoms with van der Waals surface area (Å²) >= 11 is 4.90. The van der Waals surface area contributed by atoms with E-state index in [1.54, 1.807) is 12.1 Å². The van der Waals surface area contributed by atoms with Crippen LogP contribution in [0.1, 0.15) is 23.5 Å². The van der Waals surface area contributed by atoms with Crippen molar-refractivity contribution in [3.8, 4) is 11.8 Å². The Labute approximate surface area is 128 Å². The van der Waals surface area contributed by atoms with Gasteiger partial charge in [0.15, 0.2) is 0 Å². The highest BCUT2D eigenvalue weighted by Gasteiger charge is 2.20. The molecule has 0 aliphatic heterocycles. The molecule has 2 unspecified atom stereocenters. The van der Waals surface area contributed by atoms with Crippen LogP contribution in [-0.4, -0.2) is 6.04 Å². The van der Waals surface area contributed by atoms with Crippen LogP contribution in [0.2, 0.25) is 0 Å². The molecule has 0 bridgehead atoms. The van der Waals surface area contributed by atoms with Gasteiger partial charge >= 0.3 is 0 Å². The summed E-state index contributed by atoms with van der Waals surface area (Å²) in [5.74, 6) is -0.242. The van der Waals surface area contributed by atoms with Crippen molar-refractivity contribution in [1.29, 1.82) is 5.26 Å². The van der Waals surface area contributed by atoms with Crippen molar-refractivity contribution in [2.45, 2.75) is 19.1 Å². The van der Waals surface area contributed by atoms with E-state index in [9.17, 15) is 4.39 Å². The van der Waals surface area contributed by atoms with Gasteiger partial charge in [0.1, 0.15) is 23.7 Å². The highest BCUT2D eigenvalue weighted by Crippen LogP contribution is 2.31. The van der Waals surface area contributed by atoms with Gasteiger partial charge in [-0.2, -0.15) is 5.26 Å². The van der Waals surface area contributed by atoms with Crippen LogP contribution in [0.5, 0.6) is 5.75 Å². The molecule has 1 heterocycles. The zero-order valence-corrected chi connectivity index (χ0v) is 13.0. The number of nitriles is 1. The first kappa shape index (κ1) is 15.0. The van der Waals surface area contributed by atoms with Crippen molar-refractivity contribution < 1.29 is 9.13 Å². The SMILES string of the molecule is CC(N)C(Oc1ccc(C#N)c(F)c1)c1cc(Br)cs1. The summed E-state index contributed by atoms with van der Waals surface area (Å²) in [6, 6.07) is 7.62. The Morgan fingerprint density at radius 2 is 2.20 bits per heavy atom. The normalized spacial score (nSPS) is 13.6. The van der Waals surface area contributed by atoms with Gasteiger partial charge in [0, 0.05) is 26.8 Å². The lowest BCUT2D eigenvalue weighted by Crippen LogP contribution is -2.28. The van der Waals surface area contributed by atoms with E-state index in [1.807, 2.05) is 18.4 Å². The van der Waals surface area contributed by atoms with Gasteiger partial charge in [-0.1, -0.05) is 0 Å². The number of benzene rings is 1. The molecule has 3 nitrogen and oxygen atoms in total. The Morgan fingerprint density at radius 1 is 1.45 bits per heavy atom. The molecule has 2 aromatic rings. The van der Waals surface area contributed by atoms with Gasteiger partial charge in [0.2, 0.25) is 0 Å². The number of halogens is 2. The highest BCUT2D eigenvalue weighted by molar-refractivity contribution is 9.10. The number of hydrogen-bond acceptors (Lipinski definition) is 4. The molecule has 2 N–H and O–H groups in total. The van der Waals surface area contributed by atoms with Crippen LogP contribution >= 0.6 is 27.3 Å². The number of ether oxygens (including phenoxy) is 1. The van der Waals surface area contributed by atoms with Crippen LogP contribution in [-0.2, 0) is 0 Å². The van der Waals surface area contributed by atoms with Gasteiger partial charge in [-0.15, -0.1) is 11.3 Å². The topological polar surface area (TPSA) is 59.0 Å². The molecular weight excluding hydrogens is 343 g/mol. The van der Waals surface area contributed by atoms with Crippen molar-refractivity contribution in [2.24, 2.45) is 5.73 Å². The molecule has 0 amide bonds. The van der Waals surface area contributed by atoms with E-state index in [0.29, 0.717) is 5.75 Å². The van der Waals surface area contributed by atoms with Crippen LogP contribution in [0.15, 0.2) is 34.1 Å². The number of nitrogens with zero attached hydrogens (tertiary/aromatic N) is 1. The summed E-state index contributed by atoms with van der Waals surface area (Å²) in [5.41, 5.74) is 5.93. The molecule has 20 heavy (non-hydrogen) atoms. The van der Waals surface area contributed by atoms with Crippen molar-refractivity contribution in [2.75, 3.05) is 0 Å². The van der Waals surface area contributed by atoms with Crippen LogP contribution < -0.4 is 10.5 Å². The third-order valence-electron chi connectivity index (χ3n) is 2.67. The van der Waals surface area contributed by atoms with Crippen LogP contribution in [0, 0.1) is 17.1 Å². The summed E-state index contributed by atoms with van der Waals surface area (Å²) < 4.78 is 20.3. The molecule has 0 saturated heterocycles. The summed E-state index contributed by atoms with van der Waals surface area (Å²) in [7, 11) is 0. The highest BCUT2D eigenvalue weighted by atomic mass is 79.9. The molecular formula is C14H12BrFN2OS. The minimum atomic E-state index is -0.596. The molecule has 0 radical (unpaired) electrons. The average molecular weight is 355 g/mol. The molecule has 2 rings (SSSR count). The third-order valence-corrected chi connectivity index (χ3v) is 4.42. The summed E-state index contributed by atoms with van der Waals surface area (Å²) in [4.78, 5) is 0.955. The predicted molar refractivity (Wildman–Crippen MR) is 80.2 cm³/mol. The first-order valence-corrected chi connectivity index (χ1v) is 7.54. The third kappa shape index (κ3) is 3.37. The lowest BCUT2D eigenvalue weighted by Gasteiger charge is -2.21. The predicted octanol–water partition coefficient (Wildman–Crippen LogP) is 3.99. The number of nitrogens with two attached hydrogens (primary N) is 1. The largest absolute Gasteiger partial charge is 0.483 e. The quantitative estimate of drug-likeness (QED) is 0.902. The van der Waals surface area contributed by atoms with Gasteiger partial charge in [-0.3, -0.25) is 0 Å². The second kappa shape index (κ2) is 6.35. The van der Waals surface area contributed by atoms with Crippen LogP contribution in [0.25, 0.3) is 0 Å². The van der Waals surface area contributed by atoms with Crippen molar-refractivity contribution in [1.82, 2.24) is 0 Å². The zero-order valence-electron chi connectivity index (χ0n) is 10.6. The Morgan fingerprint density at radius 3 is 2.70 bits per heavy atom. The molecule has 6 heteroatoms. The monoisotopic (exact) mass is 354 g/mol. The van der Waals surface area contributed by atoms with Gasteiger partial charge in [0.25, 0.3) is 0 Å². The second-order valence-corrected chi connectivity index (χ2v) is 6.18. The molecule has 2 atom stereocenters. The minimum absolute atomic E-state index is 0.00596. The van der Waals surface area contributed by atoms with Gasteiger partial charge < -0.3 is 10.5 Å². The Balaban J connectivity index is 2.25. The maximum atomic E-state index is 13.6. The van der Waals surface area contributed by atoms with Gasteiger partial charge in [-0.25, -0.2) is 4.39 Å². The maximum absolute atomic E-state index is 13.6. The molecule has 104 valence electrons. The van der Waals surface area contributed by atoms with Gasteiger partial charge in [-0.05, 0) is 41.1 Å². The fourth-order valence-electron chi connectivity index (χ4n) is 1.71. The van der Waals surface area contributed by atoms with E-state index in [1.165, 1.54) is 23.5 Å². The summed E-state index contributed by atoms with van der Waals surface area (Å²) in [6.07, 6.45) is -0.362. The minimum Gasteiger partial charge on any atom is -0.483 e. The average Bonchev–Trinajstić information content (AvgIpc) is 2.82. The van der Waals surface area contributed by atoms with E-state index in [0.717, 1.165) is 9.35 Å². The first-order chi connectivity index (χ1) is 9.51. The summed E-state index contributed by atoms with van der Waals surface area (Å²) in [5, 5.41) is 10.6. The van der Waals surface area contributed by atoms with Crippen LogP contribution in [0.3, 0.4) is 0 Å². The van der Waals surface area contributed by atoms with Gasteiger partial charge in [0.05, 0.1) is 5.56 Å². The van der Waals surface area contributed by atoms with Crippen molar-refractivity contribution in [3.05, 3.63) is 50.4 Å². The number of rotatable bonds is 4. The van der Waals surface area contributed by atoms with E-state index in [-0.39, 0.29) is 17.7 Å². The molecule has 0 fully saturated rings. The molecule has 0 spiro atoms. The smallest absolute Gasteiger partial charge is 0.148 e. The molecule has 0 saturated carbocycles. The molecule has 0 aliphatic carbocycles. The first-order valence-electron chi connectivity index (χ1n) is 5.87. The summed E-state index contributed by atoms with van der Waals surface area (Å²) in [6.45, 7) is 1.83. The zero-order chi connectivity index (χ0) is 14.7. The lowest BCUT2D eigenvalue weighted by atomic mass is 10.1. The molecule has 1 aromatic carbocycles.